The average Bonchev–Trinajstić information content (AvgIpc) is 3.35. The summed E-state index contributed by atoms with van der Waals surface area (Å²) in [4.78, 5) is 17.8. The molecule has 1 atom stereocenters. The van der Waals surface area contributed by atoms with E-state index < -0.39 is 6.04 Å². The van der Waals surface area contributed by atoms with Gasteiger partial charge in [-0.3, -0.25) is 0 Å². The van der Waals surface area contributed by atoms with Crippen LogP contribution in [0.15, 0.2) is 64.5 Å². The molecule has 36 heavy (non-hydrogen) atoms. The number of fused-ring (bicyclic) bond motifs is 1. The van der Waals surface area contributed by atoms with Gasteiger partial charge in [-0.15, -0.1) is 0 Å². The first-order chi connectivity index (χ1) is 17.5. The molecule has 188 valence electrons. The van der Waals surface area contributed by atoms with Crippen LogP contribution in [-0.4, -0.2) is 33.9 Å². The van der Waals surface area contributed by atoms with Crippen molar-refractivity contribution in [3.05, 3.63) is 75.7 Å². The summed E-state index contributed by atoms with van der Waals surface area (Å²) < 4.78 is 20.4. The molecule has 0 saturated heterocycles. The minimum Gasteiger partial charge on any atom is -0.493 e. The van der Waals surface area contributed by atoms with Crippen molar-refractivity contribution in [2.45, 2.75) is 57.8 Å². The molecule has 5 rings (SSSR count). The van der Waals surface area contributed by atoms with Gasteiger partial charge in [-0.25, -0.2) is 9.48 Å². The lowest BCUT2D eigenvalue weighted by atomic mass is 9.94. The molecule has 8 nitrogen and oxygen atoms in total. The Morgan fingerprint density at radius 2 is 1.97 bits per heavy atom. The van der Waals surface area contributed by atoms with Gasteiger partial charge in [0.25, 0.3) is 0 Å². The number of hydrogen-bond donors (Lipinski definition) is 1. The number of halogens is 1. The van der Waals surface area contributed by atoms with E-state index in [1.165, 1.54) is 12.7 Å². The van der Waals surface area contributed by atoms with Gasteiger partial charge in [0.1, 0.15) is 25.1 Å². The van der Waals surface area contributed by atoms with E-state index in [2.05, 4.69) is 31.3 Å². The van der Waals surface area contributed by atoms with Crippen LogP contribution in [0.25, 0.3) is 0 Å². The molecule has 2 heterocycles. The molecule has 1 fully saturated rings. The Kier molecular flexibility index (Phi) is 7.27. The Bertz CT molecular complexity index is 1280. The second kappa shape index (κ2) is 10.7. The number of nitrogens with one attached hydrogen (secondary N) is 1. The Hall–Kier alpha value is -3.33. The lowest BCUT2D eigenvalue weighted by Crippen LogP contribution is -2.32. The molecule has 0 radical (unpaired) electrons. The van der Waals surface area contributed by atoms with Crippen LogP contribution in [0.5, 0.6) is 11.5 Å². The molecule has 2 aliphatic rings. The fourth-order valence-electron chi connectivity index (χ4n) is 4.82. The zero-order chi connectivity index (χ0) is 25.1. The van der Waals surface area contributed by atoms with Gasteiger partial charge in [0.2, 0.25) is 5.95 Å². The van der Waals surface area contributed by atoms with Gasteiger partial charge in [-0.1, -0.05) is 40.5 Å². The molecular formula is C27H29BrN4O4. The van der Waals surface area contributed by atoms with Crippen LogP contribution in [0.4, 0.5) is 5.95 Å². The van der Waals surface area contributed by atoms with E-state index in [1.54, 1.807) is 11.8 Å². The highest BCUT2D eigenvalue weighted by atomic mass is 79.9. The molecule has 3 aromatic rings. The number of methoxy groups -OCH3 is 1. The summed E-state index contributed by atoms with van der Waals surface area (Å²) in [5.74, 6) is 1.43. The van der Waals surface area contributed by atoms with Crippen LogP contribution in [0.1, 0.15) is 56.2 Å². The average molecular weight is 553 g/mol. The second-order valence-corrected chi connectivity index (χ2v) is 10.0. The van der Waals surface area contributed by atoms with Crippen LogP contribution in [0.2, 0.25) is 0 Å². The molecule has 1 aliphatic carbocycles. The van der Waals surface area contributed by atoms with E-state index >= 15 is 0 Å². The highest BCUT2D eigenvalue weighted by Crippen LogP contribution is 2.39. The third kappa shape index (κ3) is 5.11. The number of anilines is 1. The molecular weight excluding hydrogens is 524 g/mol. The lowest BCUT2D eigenvalue weighted by molar-refractivity contribution is -0.146. The molecule has 0 bridgehead atoms. The van der Waals surface area contributed by atoms with E-state index in [1.807, 2.05) is 49.4 Å². The molecule has 1 unspecified atom stereocenters. The van der Waals surface area contributed by atoms with Crippen LogP contribution >= 0.6 is 15.9 Å². The number of esters is 1. The van der Waals surface area contributed by atoms with Gasteiger partial charge in [0.05, 0.1) is 12.7 Å². The van der Waals surface area contributed by atoms with Crippen LogP contribution < -0.4 is 14.8 Å². The van der Waals surface area contributed by atoms with Crippen molar-refractivity contribution in [2.75, 3.05) is 12.4 Å². The largest absolute Gasteiger partial charge is 0.493 e. The predicted octanol–water partition coefficient (Wildman–Crippen LogP) is 5.79. The topological polar surface area (TPSA) is 87.5 Å². The van der Waals surface area contributed by atoms with Gasteiger partial charge in [-0.2, -0.15) is 10.1 Å². The fraction of sp³-hybridized carbons (Fsp3) is 0.370. The first kappa shape index (κ1) is 24.4. The first-order valence-corrected chi connectivity index (χ1v) is 13.0. The van der Waals surface area contributed by atoms with E-state index in [4.69, 9.17) is 14.2 Å². The highest BCUT2D eigenvalue weighted by molar-refractivity contribution is 9.10. The predicted molar refractivity (Wildman–Crippen MR) is 139 cm³/mol. The molecule has 1 aliphatic heterocycles. The molecule has 1 aromatic heterocycles. The van der Waals surface area contributed by atoms with Gasteiger partial charge >= 0.3 is 5.97 Å². The molecule has 1 saturated carbocycles. The normalized spacial score (nSPS) is 17.8. The monoisotopic (exact) mass is 552 g/mol. The number of allylic oxidation sites excluding steroid dienone is 1. The maximum atomic E-state index is 13.5. The van der Waals surface area contributed by atoms with Crippen molar-refractivity contribution in [3.8, 4) is 11.5 Å². The van der Waals surface area contributed by atoms with Gasteiger partial charge in [-0.05, 0) is 68.0 Å². The van der Waals surface area contributed by atoms with Crippen molar-refractivity contribution in [2.24, 2.45) is 0 Å². The summed E-state index contributed by atoms with van der Waals surface area (Å²) >= 11 is 3.49. The lowest BCUT2D eigenvalue weighted by Gasteiger charge is -2.30. The summed E-state index contributed by atoms with van der Waals surface area (Å²) in [5, 5.41) is 7.61. The quantitative estimate of drug-likeness (QED) is 0.371. The van der Waals surface area contributed by atoms with Crippen molar-refractivity contribution >= 4 is 27.8 Å². The van der Waals surface area contributed by atoms with E-state index in [9.17, 15) is 4.79 Å². The Labute approximate surface area is 218 Å². The Morgan fingerprint density at radius 3 is 2.75 bits per heavy atom. The summed E-state index contributed by atoms with van der Waals surface area (Å²) in [6, 6.07) is 13.1. The smallest absolute Gasteiger partial charge is 0.338 e. The molecule has 0 spiro atoms. The molecule has 1 N–H and O–H groups in total. The number of aromatic nitrogens is 3. The second-order valence-electron chi connectivity index (χ2n) is 9.09. The summed E-state index contributed by atoms with van der Waals surface area (Å²) in [5.41, 5.74) is 3.08. The minimum atomic E-state index is -0.507. The highest BCUT2D eigenvalue weighted by Gasteiger charge is 2.36. The van der Waals surface area contributed by atoms with Gasteiger partial charge in [0, 0.05) is 10.2 Å². The fourth-order valence-corrected chi connectivity index (χ4v) is 5.27. The molecule has 0 amide bonds. The van der Waals surface area contributed by atoms with Crippen molar-refractivity contribution < 1.29 is 19.0 Å². The maximum Gasteiger partial charge on any atom is 0.338 e. The van der Waals surface area contributed by atoms with Gasteiger partial charge < -0.3 is 19.5 Å². The SMILES string of the molecule is COc1cc(C2C(C(=O)OC3CCCCC3)=C(C)Nc3ncnn32)ccc1OCc1cccc(Br)c1. The van der Waals surface area contributed by atoms with E-state index in [-0.39, 0.29) is 12.1 Å². The van der Waals surface area contributed by atoms with Crippen LogP contribution in [0.3, 0.4) is 0 Å². The number of rotatable bonds is 7. The van der Waals surface area contributed by atoms with Crippen LogP contribution in [0, 0.1) is 0 Å². The van der Waals surface area contributed by atoms with Gasteiger partial charge in [0.15, 0.2) is 11.5 Å². The number of benzene rings is 2. The van der Waals surface area contributed by atoms with Crippen LogP contribution in [-0.2, 0) is 16.1 Å². The third-order valence-corrected chi connectivity index (χ3v) is 7.12. The first-order valence-electron chi connectivity index (χ1n) is 12.2. The summed E-state index contributed by atoms with van der Waals surface area (Å²) in [6.07, 6.45) is 6.61. The third-order valence-electron chi connectivity index (χ3n) is 6.63. The number of carbonyl (C=O) groups is 1. The Morgan fingerprint density at radius 1 is 1.14 bits per heavy atom. The van der Waals surface area contributed by atoms with E-state index in [0.29, 0.717) is 35.3 Å². The zero-order valence-corrected chi connectivity index (χ0v) is 22.0. The summed E-state index contributed by atoms with van der Waals surface area (Å²) in [6.45, 7) is 2.27. The minimum absolute atomic E-state index is 0.0484. The maximum absolute atomic E-state index is 13.5. The molecule has 9 heteroatoms. The number of carbonyl (C=O) groups excluding carboxylic acids is 1. The summed E-state index contributed by atoms with van der Waals surface area (Å²) in [7, 11) is 1.60. The number of nitrogens with zero attached hydrogens (tertiary/aromatic N) is 3. The Balaban J connectivity index is 1.44. The standard InChI is InChI=1S/C27H29BrN4O4/c1-17-24(26(33)36-21-9-4-3-5-10-21)25(32-27(31-17)29-16-30-32)19-11-12-22(23(14-19)34-2)35-15-18-7-6-8-20(28)13-18/h6-8,11-14,16,21,25H,3-5,9-10,15H2,1-2H3,(H,29,30,31). The number of ether oxygens (including phenoxy) is 3. The van der Waals surface area contributed by atoms with E-state index in [0.717, 1.165) is 41.3 Å². The zero-order valence-electron chi connectivity index (χ0n) is 20.4. The van der Waals surface area contributed by atoms with Crippen molar-refractivity contribution in [3.63, 3.8) is 0 Å². The van der Waals surface area contributed by atoms with Crippen molar-refractivity contribution in [1.82, 2.24) is 14.8 Å². The van der Waals surface area contributed by atoms with Crippen molar-refractivity contribution in [1.29, 1.82) is 0 Å². The molecule has 2 aromatic carbocycles. The number of hydrogen-bond acceptors (Lipinski definition) is 7.